The van der Waals surface area contributed by atoms with Crippen LogP contribution in [0.5, 0.6) is 0 Å². The second kappa shape index (κ2) is 7.84. The number of ether oxygens (including phenoxy) is 1. The van der Waals surface area contributed by atoms with E-state index in [2.05, 4.69) is 10.6 Å². The third-order valence-corrected chi connectivity index (χ3v) is 5.42. The van der Waals surface area contributed by atoms with Crippen LogP contribution in [0, 0.1) is 13.8 Å². The summed E-state index contributed by atoms with van der Waals surface area (Å²) < 4.78 is 5.19. The third-order valence-electron chi connectivity index (χ3n) is 5.11. The number of halogens is 1. The molecule has 0 aromatic heterocycles. The summed E-state index contributed by atoms with van der Waals surface area (Å²) in [7, 11) is 0. The van der Waals surface area contributed by atoms with E-state index in [-0.39, 0.29) is 13.2 Å². The normalized spacial score (nSPS) is 18.1. The molecule has 1 atom stereocenters. The average Bonchev–Trinajstić information content (AvgIpc) is 3.08. The number of hydrogen-bond donors (Lipinski definition) is 2. The standard InChI is InChI=1S/C22H20ClN3O4/c1-12-3-6-14(7-4-12)20-19-17(11-30-21(19)28)26(22(29)25-20)10-18(27)24-16-8-5-13(2)9-15(16)23/h3-9,20H,10-11H2,1-2H3,(H,24,27)(H,25,29)/t20-/m0/s1. The number of carbonyl (C=O) groups excluding carboxylic acids is 3. The van der Waals surface area contributed by atoms with E-state index in [0.717, 1.165) is 16.7 Å². The van der Waals surface area contributed by atoms with Gasteiger partial charge in [-0.15, -0.1) is 0 Å². The Balaban J connectivity index is 1.59. The molecule has 0 aliphatic carbocycles. The molecule has 0 saturated heterocycles. The predicted molar refractivity (Wildman–Crippen MR) is 112 cm³/mol. The largest absolute Gasteiger partial charge is 0.456 e. The van der Waals surface area contributed by atoms with E-state index in [0.29, 0.717) is 22.0 Å². The summed E-state index contributed by atoms with van der Waals surface area (Å²) in [5.74, 6) is -0.932. The van der Waals surface area contributed by atoms with Crippen LogP contribution in [-0.2, 0) is 14.3 Å². The molecule has 154 valence electrons. The van der Waals surface area contributed by atoms with E-state index in [4.69, 9.17) is 16.3 Å². The third kappa shape index (κ3) is 3.76. The van der Waals surface area contributed by atoms with Crippen molar-refractivity contribution in [2.75, 3.05) is 18.5 Å². The SMILES string of the molecule is Cc1ccc([C@@H]2NC(=O)N(CC(=O)Nc3ccc(C)cc3Cl)C3=C2C(=O)OC3)cc1. The molecular weight excluding hydrogens is 406 g/mol. The van der Waals surface area contributed by atoms with Crippen molar-refractivity contribution < 1.29 is 19.1 Å². The molecule has 2 aliphatic heterocycles. The zero-order chi connectivity index (χ0) is 21.4. The van der Waals surface area contributed by atoms with E-state index in [1.807, 2.05) is 44.2 Å². The van der Waals surface area contributed by atoms with Crippen molar-refractivity contribution in [1.82, 2.24) is 10.2 Å². The summed E-state index contributed by atoms with van der Waals surface area (Å²) in [4.78, 5) is 39.0. The van der Waals surface area contributed by atoms with Crippen molar-refractivity contribution in [3.8, 4) is 0 Å². The number of anilines is 1. The van der Waals surface area contributed by atoms with Gasteiger partial charge in [0, 0.05) is 0 Å². The number of amides is 3. The molecule has 4 rings (SSSR count). The van der Waals surface area contributed by atoms with Crippen molar-refractivity contribution in [2.45, 2.75) is 19.9 Å². The van der Waals surface area contributed by atoms with Crippen molar-refractivity contribution in [3.63, 3.8) is 0 Å². The average molecular weight is 426 g/mol. The smallest absolute Gasteiger partial charge is 0.338 e. The Labute approximate surface area is 178 Å². The minimum absolute atomic E-state index is 0.0531. The minimum atomic E-state index is -0.617. The Morgan fingerprint density at radius 2 is 1.87 bits per heavy atom. The van der Waals surface area contributed by atoms with E-state index < -0.39 is 23.9 Å². The molecule has 0 saturated carbocycles. The maximum Gasteiger partial charge on any atom is 0.338 e. The van der Waals surface area contributed by atoms with Gasteiger partial charge in [-0.3, -0.25) is 9.69 Å². The zero-order valence-corrected chi connectivity index (χ0v) is 17.2. The van der Waals surface area contributed by atoms with Crippen LogP contribution in [0.1, 0.15) is 22.7 Å². The molecule has 2 heterocycles. The second-order valence-electron chi connectivity index (χ2n) is 7.35. The molecule has 3 amide bonds. The first kappa shape index (κ1) is 20.0. The lowest BCUT2D eigenvalue weighted by molar-refractivity contribution is -0.136. The highest BCUT2D eigenvalue weighted by Crippen LogP contribution is 2.35. The van der Waals surface area contributed by atoms with Gasteiger partial charge < -0.3 is 15.4 Å². The molecule has 0 radical (unpaired) electrons. The van der Waals surface area contributed by atoms with Crippen LogP contribution < -0.4 is 10.6 Å². The van der Waals surface area contributed by atoms with Crippen LogP contribution in [0.25, 0.3) is 0 Å². The van der Waals surface area contributed by atoms with Gasteiger partial charge in [0.2, 0.25) is 5.91 Å². The number of urea groups is 1. The first-order chi connectivity index (χ1) is 14.3. The lowest BCUT2D eigenvalue weighted by Gasteiger charge is -2.32. The van der Waals surface area contributed by atoms with Gasteiger partial charge in [-0.1, -0.05) is 47.5 Å². The first-order valence-electron chi connectivity index (χ1n) is 9.44. The highest BCUT2D eigenvalue weighted by atomic mass is 35.5. The number of esters is 1. The van der Waals surface area contributed by atoms with Crippen molar-refractivity contribution in [2.24, 2.45) is 0 Å². The van der Waals surface area contributed by atoms with Gasteiger partial charge in [-0.25, -0.2) is 9.59 Å². The lowest BCUT2D eigenvalue weighted by Crippen LogP contribution is -2.49. The fourth-order valence-electron chi connectivity index (χ4n) is 3.54. The molecule has 2 aromatic carbocycles. The molecule has 2 N–H and O–H groups in total. The molecule has 0 bridgehead atoms. The summed E-state index contributed by atoms with van der Waals surface area (Å²) in [6.07, 6.45) is 0. The Morgan fingerprint density at radius 1 is 1.17 bits per heavy atom. The summed E-state index contributed by atoms with van der Waals surface area (Å²) in [5, 5.41) is 5.93. The molecule has 8 heteroatoms. The topological polar surface area (TPSA) is 87.7 Å². The molecule has 30 heavy (non-hydrogen) atoms. The molecule has 0 unspecified atom stereocenters. The molecule has 7 nitrogen and oxygen atoms in total. The van der Waals surface area contributed by atoms with Crippen LogP contribution in [0.2, 0.25) is 5.02 Å². The molecule has 2 aliphatic rings. The van der Waals surface area contributed by atoms with Crippen molar-refractivity contribution in [3.05, 3.63) is 75.4 Å². The molecule has 0 spiro atoms. The first-order valence-corrected chi connectivity index (χ1v) is 9.82. The van der Waals surface area contributed by atoms with E-state index in [1.54, 1.807) is 12.1 Å². The number of aryl methyl sites for hydroxylation is 2. The van der Waals surface area contributed by atoms with Gasteiger partial charge in [-0.05, 0) is 37.1 Å². The number of nitrogens with zero attached hydrogens (tertiary/aromatic N) is 1. The number of hydrogen-bond acceptors (Lipinski definition) is 4. The monoisotopic (exact) mass is 425 g/mol. The Hall–Kier alpha value is -3.32. The molecule has 2 aromatic rings. The molecule has 0 fully saturated rings. The van der Waals surface area contributed by atoms with Crippen LogP contribution in [0.4, 0.5) is 10.5 Å². The predicted octanol–water partition coefficient (Wildman–Crippen LogP) is 3.47. The summed E-state index contributed by atoms with van der Waals surface area (Å²) in [6, 6.07) is 11.7. The highest BCUT2D eigenvalue weighted by Gasteiger charge is 2.42. The quantitative estimate of drug-likeness (QED) is 0.734. The number of benzene rings is 2. The Morgan fingerprint density at radius 3 is 2.57 bits per heavy atom. The number of carbonyl (C=O) groups is 3. The molecular formula is C22H20ClN3O4. The fraction of sp³-hybridized carbons (Fsp3) is 0.227. The van der Waals surface area contributed by atoms with Crippen molar-refractivity contribution >= 4 is 35.2 Å². The highest BCUT2D eigenvalue weighted by molar-refractivity contribution is 6.33. The van der Waals surface area contributed by atoms with E-state index >= 15 is 0 Å². The fourth-order valence-corrected chi connectivity index (χ4v) is 3.82. The maximum atomic E-state index is 12.8. The van der Waals surface area contributed by atoms with Gasteiger partial charge in [0.25, 0.3) is 0 Å². The van der Waals surface area contributed by atoms with Crippen LogP contribution in [-0.4, -0.2) is 36.0 Å². The zero-order valence-electron chi connectivity index (χ0n) is 16.5. The minimum Gasteiger partial charge on any atom is -0.456 e. The number of cyclic esters (lactones) is 1. The van der Waals surface area contributed by atoms with Gasteiger partial charge in [0.15, 0.2) is 0 Å². The van der Waals surface area contributed by atoms with E-state index in [9.17, 15) is 14.4 Å². The lowest BCUT2D eigenvalue weighted by atomic mass is 9.95. The van der Waals surface area contributed by atoms with E-state index in [1.165, 1.54) is 4.90 Å². The van der Waals surface area contributed by atoms with Crippen LogP contribution in [0.15, 0.2) is 53.7 Å². The van der Waals surface area contributed by atoms with Gasteiger partial charge in [-0.2, -0.15) is 0 Å². The summed E-state index contributed by atoms with van der Waals surface area (Å²) in [5.41, 5.74) is 4.01. The van der Waals surface area contributed by atoms with Crippen LogP contribution in [0.3, 0.4) is 0 Å². The maximum absolute atomic E-state index is 12.8. The Bertz CT molecular complexity index is 1080. The number of nitrogens with one attached hydrogen (secondary N) is 2. The summed E-state index contributed by atoms with van der Waals surface area (Å²) >= 11 is 6.17. The van der Waals surface area contributed by atoms with Crippen molar-refractivity contribution in [1.29, 1.82) is 0 Å². The van der Waals surface area contributed by atoms with Crippen LogP contribution >= 0.6 is 11.6 Å². The second-order valence-corrected chi connectivity index (χ2v) is 7.75. The summed E-state index contributed by atoms with van der Waals surface area (Å²) in [6.45, 7) is 3.53. The van der Waals surface area contributed by atoms with Gasteiger partial charge >= 0.3 is 12.0 Å². The van der Waals surface area contributed by atoms with Gasteiger partial charge in [0.1, 0.15) is 13.2 Å². The Kier molecular flexibility index (Phi) is 5.22. The van der Waals surface area contributed by atoms with Gasteiger partial charge in [0.05, 0.1) is 28.0 Å². The number of rotatable bonds is 4.